The molecule has 4 rings (SSSR count). The number of hydrazone groups is 1. The summed E-state index contributed by atoms with van der Waals surface area (Å²) in [6, 6.07) is 15.9. The summed E-state index contributed by atoms with van der Waals surface area (Å²) in [7, 11) is 0. The second-order valence-electron chi connectivity index (χ2n) is 6.22. The van der Waals surface area contributed by atoms with Crippen LogP contribution in [0.1, 0.15) is 6.42 Å². The molecule has 0 radical (unpaired) electrons. The number of carbonyl (C=O) groups is 2. The highest BCUT2D eigenvalue weighted by molar-refractivity contribution is 7.13. The van der Waals surface area contributed by atoms with Crippen molar-refractivity contribution in [2.75, 3.05) is 10.3 Å². The van der Waals surface area contributed by atoms with Crippen molar-refractivity contribution in [1.29, 1.82) is 0 Å². The predicted molar refractivity (Wildman–Crippen MR) is 110 cm³/mol. The van der Waals surface area contributed by atoms with Crippen molar-refractivity contribution >= 4 is 40.2 Å². The Morgan fingerprint density at radius 3 is 2.50 bits per heavy atom. The van der Waals surface area contributed by atoms with Crippen molar-refractivity contribution in [1.82, 2.24) is 4.98 Å². The quantitative estimate of drug-likeness (QED) is 0.698. The molecular weight excluding hydrogens is 374 g/mol. The van der Waals surface area contributed by atoms with Gasteiger partial charge in [-0.25, -0.2) is 4.98 Å². The second-order valence-corrected chi connectivity index (χ2v) is 7.11. The molecule has 0 saturated heterocycles. The summed E-state index contributed by atoms with van der Waals surface area (Å²) in [4.78, 5) is 28.7. The molecule has 3 aromatic rings. The van der Waals surface area contributed by atoms with Crippen LogP contribution in [-0.4, -0.2) is 28.6 Å². The van der Waals surface area contributed by atoms with Crippen molar-refractivity contribution in [2.24, 2.45) is 10.8 Å². The van der Waals surface area contributed by atoms with E-state index in [4.69, 9.17) is 5.73 Å². The second kappa shape index (κ2) is 7.61. The number of nitrogens with two attached hydrogens (primary N) is 1. The van der Waals surface area contributed by atoms with Crippen molar-refractivity contribution in [3.05, 3.63) is 66.2 Å². The highest BCUT2D eigenvalue weighted by Crippen LogP contribution is 2.26. The van der Waals surface area contributed by atoms with Gasteiger partial charge in [0.1, 0.15) is 16.8 Å². The highest BCUT2D eigenvalue weighted by Gasteiger charge is 2.34. The van der Waals surface area contributed by atoms with Crippen molar-refractivity contribution in [2.45, 2.75) is 12.5 Å². The number of carbonyl (C=O) groups excluding carboxylic acids is 2. The summed E-state index contributed by atoms with van der Waals surface area (Å²) in [5, 5.41) is 11.5. The van der Waals surface area contributed by atoms with E-state index in [1.165, 1.54) is 5.01 Å². The minimum Gasteiger partial charge on any atom is -0.368 e. The van der Waals surface area contributed by atoms with E-state index in [-0.39, 0.29) is 18.0 Å². The molecular formula is C20H17N5O2S. The van der Waals surface area contributed by atoms with Gasteiger partial charge in [-0.15, -0.1) is 11.3 Å². The third-order valence-electron chi connectivity index (χ3n) is 4.34. The molecule has 2 amide bonds. The van der Waals surface area contributed by atoms with Crippen LogP contribution >= 0.6 is 11.3 Å². The van der Waals surface area contributed by atoms with Crippen LogP contribution in [0.4, 0.5) is 11.4 Å². The van der Waals surface area contributed by atoms with E-state index in [1.54, 1.807) is 17.5 Å². The molecule has 2 aromatic carbocycles. The van der Waals surface area contributed by atoms with Gasteiger partial charge in [0.2, 0.25) is 5.91 Å². The minimum atomic E-state index is -0.685. The van der Waals surface area contributed by atoms with Crippen LogP contribution in [0.15, 0.2) is 71.3 Å². The van der Waals surface area contributed by atoms with Crippen LogP contribution in [-0.2, 0) is 9.59 Å². The van der Waals surface area contributed by atoms with Gasteiger partial charge >= 0.3 is 0 Å². The maximum atomic E-state index is 12.6. The molecule has 0 spiro atoms. The molecule has 28 heavy (non-hydrogen) atoms. The van der Waals surface area contributed by atoms with Crippen molar-refractivity contribution in [3.8, 4) is 10.6 Å². The molecule has 1 aliphatic heterocycles. The highest BCUT2D eigenvalue weighted by atomic mass is 32.1. The van der Waals surface area contributed by atoms with E-state index >= 15 is 0 Å². The molecule has 2 heterocycles. The first kappa shape index (κ1) is 17.9. The Labute approximate surface area is 165 Å². The van der Waals surface area contributed by atoms with Gasteiger partial charge in [0.25, 0.3) is 5.91 Å². The molecule has 8 heteroatoms. The Hall–Kier alpha value is -3.52. The first-order valence-corrected chi connectivity index (χ1v) is 9.52. The number of nitrogens with one attached hydrogen (secondary N) is 1. The van der Waals surface area contributed by atoms with E-state index < -0.39 is 11.9 Å². The maximum Gasteiger partial charge on any atom is 0.271 e. The monoisotopic (exact) mass is 391 g/mol. The first-order valence-electron chi connectivity index (χ1n) is 8.64. The Morgan fingerprint density at radius 2 is 1.86 bits per heavy atom. The minimum absolute atomic E-state index is 0.160. The molecule has 3 N–H and O–H groups in total. The van der Waals surface area contributed by atoms with Gasteiger partial charge in [-0.2, -0.15) is 5.10 Å². The average Bonchev–Trinajstić information content (AvgIpc) is 3.39. The molecule has 7 nitrogen and oxygen atoms in total. The number of primary amides is 1. The van der Waals surface area contributed by atoms with E-state index in [1.807, 2.05) is 60.0 Å². The predicted octanol–water partition coefficient (Wildman–Crippen LogP) is 2.87. The lowest BCUT2D eigenvalue weighted by atomic mass is 10.1. The SMILES string of the molecule is NC(=O)C1CC(C(=O)Nc2ccc(-c3nccs3)cc2)=NN1c1ccccc1. The zero-order chi connectivity index (χ0) is 19.5. The number of benzene rings is 2. The van der Waals surface area contributed by atoms with Gasteiger partial charge in [0.05, 0.1) is 5.69 Å². The fourth-order valence-electron chi connectivity index (χ4n) is 2.95. The lowest BCUT2D eigenvalue weighted by Crippen LogP contribution is -2.39. The van der Waals surface area contributed by atoms with Gasteiger partial charge in [-0.3, -0.25) is 14.6 Å². The van der Waals surface area contributed by atoms with Crippen LogP contribution in [0.25, 0.3) is 10.6 Å². The Kier molecular flexibility index (Phi) is 4.86. The van der Waals surface area contributed by atoms with Crippen LogP contribution in [0.3, 0.4) is 0 Å². The molecule has 0 saturated carbocycles. The third-order valence-corrected chi connectivity index (χ3v) is 5.17. The molecule has 1 aliphatic rings. The van der Waals surface area contributed by atoms with Gasteiger partial charge in [0, 0.05) is 29.2 Å². The number of rotatable bonds is 5. The fraction of sp³-hybridized carbons (Fsp3) is 0.100. The Balaban J connectivity index is 1.50. The summed E-state index contributed by atoms with van der Waals surface area (Å²) in [5.41, 5.74) is 8.11. The number of amides is 2. The summed E-state index contributed by atoms with van der Waals surface area (Å²) in [5.74, 6) is -0.880. The number of para-hydroxylation sites is 1. The van der Waals surface area contributed by atoms with Crippen molar-refractivity contribution in [3.63, 3.8) is 0 Å². The largest absolute Gasteiger partial charge is 0.368 e. The van der Waals surface area contributed by atoms with Crippen molar-refractivity contribution < 1.29 is 9.59 Å². The zero-order valence-electron chi connectivity index (χ0n) is 14.8. The lowest BCUT2D eigenvalue weighted by Gasteiger charge is -2.20. The van der Waals surface area contributed by atoms with Gasteiger partial charge in [-0.05, 0) is 36.4 Å². The number of thiazole rings is 1. The fourth-order valence-corrected chi connectivity index (χ4v) is 3.60. The Bertz CT molecular complexity index is 1020. The van der Waals surface area contributed by atoms with Gasteiger partial charge in [0.15, 0.2) is 0 Å². The van der Waals surface area contributed by atoms with E-state index in [2.05, 4.69) is 15.4 Å². The number of hydrogen-bond donors (Lipinski definition) is 2. The summed E-state index contributed by atoms with van der Waals surface area (Å²) < 4.78 is 0. The third kappa shape index (κ3) is 3.63. The topological polar surface area (TPSA) is 101 Å². The molecule has 140 valence electrons. The van der Waals surface area contributed by atoms with Crippen LogP contribution in [0.2, 0.25) is 0 Å². The number of aromatic nitrogens is 1. The normalized spacial score (nSPS) is 15.9. The number of hydrogen-bond acceptors (Lipinski definition) is 6. The summed E-state index contributed by atoms with van der Waals surface area (Å²) in [6.07, 6.45) is 1.91. The molecule has 0 aliphatic carbocycles. The molecule has 1 aromatic heterocycles. The summed E-state index contributed by atoms with van der Waals surface area (Å²) in [6.45, 7) is 0. The van der Waals surface area contributed by atoms with E-state index in [9.17, 15) is 9.59 Å². The van der Waals surface area contributed by atoms with Gasteiger partial charge in [-0.1, -0.05) is 18.2 Å². The Morgan fingerprint density at radius 1 is 1.11 bits per heavy atom. The number of anilines is 2. The standard InChI is InChI=1S/C20H17N5O2S/c21-18(26)17-12-16(24-25(17)15-4-2-1-3-5-15)19(27)23-14-8-6-13(7-9-14)20-22-10-11-28-20/h1-11,17H,12H2,(H2,21,26)(H,23,27). The summed E-state index contributed by atoms with van der Waals surface area (Å²) >= 11 is 1.55. The van der Waals surface area contributed by atoms with Gasteiger partial charge < -0.3 is 11.1 Å². The van der Waals surface area contributed by atoms with E-state index in [0.29, 0.717) is 11.4 Å². The van der Waals surface area contributed by atoms with Crippen LogP contribution in [0, 0.1) is 0 Å². The first-order chi connectivity index (χ1) is 13.6. The van der Waals surface area contributed by atoms with E-state index in [0.717, 1.165) is 10.6 Å². The van der Waals surface area contributed by atoms with Crippen LogP contribution in [0.5, 0.6) is 0 Å². The average molecular weight is 391 g/mol. The zero-order valence-corrected chi connectivity index (χ0v) is 15.6. The molecule has 1 unspecified atom stereocenters. The number of nitrogens with zero attached hydrogens (tertiary/aromatic N) is 3. The molecule has 1 atom stereocenters. The van der Waals surface area contributed by atoms with Crippen LogP contribution < -0.4 is 16.1 Å². The molecule has 0 bridgehead atoms. The molecule has 0 fully saturated rings. The lowest BCUT2D eigenvalue weighted by molar-refractivity contribution is -0.119. The maximum absolute atomic E-state index is 12.6. The smallest absolute Gasteiger partial charge is 0.271 e.